The van der Waals surface area contributed by atoms with Gasteiger partial charge in [-0.05, 0) is 17.8 Å². The molecule has 0 bridgehead atoms. The Bertz CT molecular complexity index is 263. The van der Waals surface area contributed by atoms with Gasteiger partial charge in [-0.2, -0.15) is 0 Å². The fraction of sp³-hybridized carbons (Fsp3) is 0.125. The summed E-state index contributed by atoms with van der Waals surface area (Å²) < 4.78 is 0. The van der Waals surface area contributed by atoms with E-state index in [-0.39, 0.29) is 5.11 Å². The lowest BCUT2D eigenvalue weighted by atomic mass is 10.2. The first-order chi connectivity index (χ1) is 5.70. The predicted octanol–water partition coefficient (Wildman–Crippen LogP) is 1.12. The Morgan fingerprint density at radius 2 is 2.00 bits per heavy atom. The monoisotopic (exact) mass is 182 g/mol. The maximum atomic E-state index is 9.15. The highest BCUT2D eigenvalue weighted by Gasteiger charge is 2.01. The normalized spacial score (nSPS) is 9.42. The van der Waals surface area contributed by atoms with Crippen molar-refractivity contribution < 1.29 is 5.21 Å². The molecule has 0 heterocycles. The minimum atomic E-state index is -0.0150. The van der Waals surface area contributed by atoms with Crippen LogP contribution in [0, 0.1) is 0 Å². The summed E-state index contributed by atoms with van der Waals surface area (Å²) >= 11 is 4.57. The minimum Gasteiger partial charge on any atom is -0.374 e. The first-order valence-corrected chi connectivity index (χ1v) is 3.91. The van der Waals surface area contributed by atoms with Gasteiger partial charge in [-0.25, -0.2) is 5.06 Å². The molecule has 0 atom stereocenters. The van der Waals surface area contributed by atoms with Crippen LogP contribution in [-0.4, -0.2) is 15.4 Å². The topological polar surface area (TPSA) is 49.5 Å². The van der Waals surface area contributed by atoms with Crippen molar-refractivity contribution in [3.8, 4) is 0 Å². The number of rotatable bonds is 2. The third-order valence-electron chi connectivity index (χ3n) is 1.43. The molecule has 0 spiro atoms. The number of thiocarbonyl (C=S) groups is 1. The zero-order valence-electron chi connectivity index (χ0n) is 6.47. The second kappa shape index (κ2) is 4.04. The highest BCUT2D eigenvalue weighted by atomic mass is 32.1. The Morgan fingerprint density at radius 3 is 2.50 bits per heavy atom. The largest absolute Gasteiger partial charge is 0.374 e. The van der Waals surface area contributed by atoms with Gasteiger partial charge in [0.15, 0.2) is 5.11 Å². The summed E-state index contributed by atoms with van der Waals surface area (Å²) in [5.41, 5.74) is 6.16. The van der Waals surface area contributed by atoms with E-state index in [0.717, 1.165) is 10.6 Å². The highest BCUT2D eigenvalue weighted by molar-refractivity contribution is 7.80. The maximum absolute atomic E-state index is 9.15. The molecule has 3 nitrogen and oxygen atoms in total. The van der Waals surface area contributed by atoms with Crippen LogP contribution >= 0.6 is 12.2 Å². The lowest BCUT2D eigenvalue weighted by Gasteiger charge is -2.13. The van der Waals surface area contributed by atoms with Gasteiger partial charge in [0.05, 0.1) is 6.54 Å². The summed E-state index contributed by atoms with van der Waals surface area (Å²) in [7, 11) is 0. The smallest absolute Gasteiger partial charge is 0.190 e. The van der Waals surface area contributed by atoms with Crippen molar-refractivity contribution in [3.63, 3.8) is 0 Å². The van der Waals surface area contributed by atoms with Crippen LogP contribution in [-0.2, 0) is 6.54 Å². The van der Waals surface area contributed by atoms with E-state index in [2.05, 4.69) is 12.2 Å². The number of nitrogens with two attached hydrogens (primary N) is 1. The van der Waals surface area contributed by atoms with Gasteiger partial charge in [-0.1, -0.05) is 30.3 Å². The van der Waals surface area contributed by atoms with Gasteiger partial charge in [-0.3, -0.25) is 5.21 Å². The standard InChI is InChI=1S/C8H10N2OS/c9-8(12)10(11)6-7-4-2-1-3-5-7/h1-5,11H,6H2,(H2,9,12). The molecule has 0 aliphatic carbocycles. The molecular formula is C8H10N2OS. The molecule has 0 aromatic heterocycles. The van der Waals surface area contributed by atoms with Crippen LogP contribution in [0.2, 0.25) is 0 Å². The third kappa shape index (κ3) is 2.48. The molecule has 0 radical (unpaired) electrons. The summed E-state index contributed by atoms with van der Waals surface area (Å²) in [6, 6.07) is 9.47. The second-order valence-electron chi connectivity index (χ2n) is 2.38. The van der Waals surface area contributed by atoms with Gasteiger partial charge >= 0.3 is 0 Å². The summed E-state index contributed by atoms with van der Waals surface area (Å²) in [6.07, 6.45) is 0. The number of hydrogen-bond acceptors (Lipinski definition) is 2. The van der Waals surface area contributed by atoms with Gasteiger partial charge < -0.3 is 5.73 Å². The molecule has 1 aromatic rings. The first kappa shape index (κ1) is 8.96. The van der Waals surface area contributed by atoms with Crippen LogP contribution in [0.1, 0.15) is 5.56 Å². The molecule has 0 aliphatic rings. The van der Waals surface area contributed by atoms with Crippen LogP contribution in [0.15, 0.2) is 30.3 Å². The Hall–Kier alpha value is -1.13. The summed E-state index contributed by atoms with van der Waals surface area (Å²) in [6.45, 7) is 0.330. The fourth-order valence-electron chi connectivity index (χ4n) is 0.834. The molecule has 0 fully saturated rings. The van der Waals surface area contributed by atoms with Crippen molar-refractivity contribution in [2.75, 3.05) is 0 Å². The Kier molecular flexibility index (Phi) is 3.01. The van der Waals surface area contributed by atoms with E-state index in [1.54, 1.807) is 0 Å². The SMILES string of the molecule is NC(=S)N(O)Cc1ccccc1. The van der Waals surface area contributed by atoms with Crippen LogP contribution in [0.5, 0.6) is 0 Å². The first-order valence-electron chi connectivity index (χ1n) is 3.50. The molecule has 0 saturated heterocycles. The van der Waals surface area contributed by atoms with Crippen LogP contribution in [0.4, 0.5) is 0 Å². The molecular weight excluding hydrogens is 172 g/mol. The molecule has 1 rings (SSSR count). The van der Waals surface area contributed by atoms with E-state index in [9.17, 15) is 0 Å². The lowest BCUT2D eigenvalue weighted by molar-refractivity contribution is -0.0211. The van der Waals surface area contributed by atoms with E-state index < -0.39 is 0 Å². The number of benzene rings is 1. The van der Waals surface area contributed by atoms with Crippen molar-refractivity contribution in [3.05, 3.63) is 35.9 Å². The number of nitrogens with zero attached hydrogens (tertiary/aromatic N) is 1. The molecule has 1 aromatic carbocycles. The van der Waals surface area contributed by atoms with E-state index in [1.807, 2.05) is 30.3 Å². The molecule has 4 heteroatoms. The molecule has 0 amide bonds. The Morgan fingerprint density at radius 1 is 1.42 bits per heavy atom. The maximum Gasteiger partial charge on any atom is 0.190 e. The van der Waals surface area contributed by atoms with Crippen LogP contribution in [0.25, 0.3) is 0 Å². The van der Waals surface area contributed by atoms with Crippen molar-refractivity contribution in [1.82, 2.24) is 5.06 Å². The van der Waals surface area contributed by atoms with Gasteiger partial charge in [-0.15, -0.1) is 0 Å². The highest BCUT2D eigenvalue weighted by Crippen LogP contribution is 2.01. The average molecular weight is 182 g/mol. The van der Waals surface area contributed by atoms with Crippen molar-refractivity contribution in [2.24, 2.45) is 5.73 Å². The zero-order chi connectivity index (χ0) is 8.97. The molecule has 0 unspecified atom stereocenters. The lowest BCUT2D eigenvalue weighted by Crippen LogP contribution is -2.31. The Balaban J connectivity index is 2.58. The third-order valence-corrected chi connectivity index (χ3v) is 1.64. The second-order valence-corrected chi connectivity index (χ2v) is 2.80. The van der Waals surface area contributed by atoms with Gasteiger partial charge in [0.2, 0.25) is 0 Å². The van der Waals surface area contributed by atoms with Gasteiger partial charge in [0.1, 0.15) is 0 Å². The Labute approximate surface area is 76.4 Å². The van der Waals surface area contributed by atoms with Crippen molar-refractivity contribution >= 4 is 17.3 Å². The number of hydroxylamine groups is 2. The molecule has 3 N–H and O–H groups in total. The molecule has 12 heavy (non-hydrogen) atoms. The van der Waals surface area contributed by atoms with Crippen LogP contribution in [0.3, 0.4) is 0 Å². The molecule has 0 saturated carbocycles. The average Bonchev–Trinajstić information content (AvgIpc) is 2.06. The van der Waals surface area contributed by atoms with E-state index >= 15 is 0 Å². The summed E-state index contributed by atoms with van der Waals surface area (Å²) in [4.78, 5) is 0. The minimum absolute atomic E-state index is 0.0150. The fourth-order valence-corrected chi connectivity index (χ4v) is 0.899. The van der Waals surface area contributed by atoms with Gasteiger partial charge in [0, 0.05) is 0 Å². The van der Waals surface area contributed by atoms with Crippen LogP contribution < -0.4 is 5.73 Å². The van der Waals surface area contributed by atoms with E-state index in [1.165, 1.54) is 0 Å². The summed E-state index contributed by atoms with van der Waals surface area (Å²) in [5.74, 6) is 0. The molecule has 0 aliphatic heterocycles. The van der Waals surface area contributed by atoms with E-state index in [4.69, 9.17) is 10.9 Å². The summed E-state index contributed by atoms with van der Waals surface area (Å²) in [5, 5.41) is 9.97. The van der Waals surface area contributed by atoms with Crippen molar-refractivity contribution in [1.29, 1.82) is 0 Å². The van der Waals surface area contributed by atoms with Gasteiger partial charge in [0.25, 0.3) is 0 Å². The number of hydrogen-bond donors (Lipinski definition) is 2. The van der Waals surface area contributed by atoms with E-state index in [0.29, 0.717) is 6.54 Å². The predicted molar refractivity (Wildman–Crippen MR) is 50.6 cm³/mol. The molecule has 64 valence electrons. The van der Waals surface area contributed by atoms with Crippen molar-refractivity contribution in [2.45, 2.75) is 6.54 Å². The quantitative estimate of drug-likeness (QED) is 0.531. The zero-order valence-corrected chi connectivity index (χ0v) is 7.29.